The van der Waals surface area contributed by atoms with E-state index in [4.69, 9.17) is 0 Å². The molecule has 3 rings (SSSR count). The van der Waals surface area contributed by atoms with Crippen molar-refractivity contribution in [3.8, 4) is 0 Å². The zero-order chi connectivity index (χ0) is 22.4. The van der Waals surface area contributed by atoms with E-state index in [1.165, 1.54) is 12.1 Å². The Bertz CT molecular complexity index is 1140. The van der Waals surface area contributed by atoms with Gasteiger partial charge < -0.3 is 4.90 Å². The van der Waals surface area contributed by atoms with Crippen LogP contribution in [-0.2, 0) is 10.0 Å². The largest absolute Gasteiger partial charge is 0.372 e. The number of nitrogens with zero attached hydrogens (tertiary/aromatic N) is 5. The molecule has 0 spiro atoms. The molecular formula is C22H26N6O2S. The highest BCUT2D eigenvalue weighted by Crippen LogP contribution is 2.23. The SMILES string of the molecule is CCN(CC)c1ccc(N=Nc2ccc(S(=O)(=O)Nc3nc(C)cc(C)n3)cc2)cc1. The van der Waals surface area contributed by atoms with Crippen LogP contribution in [0.15, 0.2) is 69.7 Å². The van der Waals surface area contributed by atoms with Gasteiger partial charge in [-0.2, -0.15) is 10.2 Å². The molecule has 0 amide bonds. The number of azo groups is 1. The first-order chi connectivity index (χ1) is 14.8. The number of aromatic nitrogens is 2. The second-order valence-electron chi connectivity index (χ2n) is 6.96. The van der Waals surface area contributed by atoms with Gasteiger partial charge in [0.05, 0.1) is 16.3 Å². The van der Waals surface area contributed by atoms with Crippen LogP contribution in [0, 0.1) is 13.8 Å². The fourth-order valence-electron chi connectivity index (χ4n) is 3.08. The van der Waals surface area contributed by atoms with Gasteiger partial charge >= 0.3 is 0 Å². The zero-order valence-corrected chi connectivity index (χ0v) is 18.9. The van der Waals surface area contributed by atoms with E-state index in [2.05, 4.69) is 43.7 Å². The molecule has 31 heavy (non-hydrogen) atoms. The molecule has 0 radical (unpaired) electrons. The Morgan fingerprint density at radius 3 is 1.81 bits per heavy atom. The van der Waals surface area contributed by atoms with Crippen molar-refractivity contribution in [3.05, 3.63) is 66.0 Å². The molecule has 162 valence electrons. The molecule has 9 heteroatoms. The van der Waals surface area contributed by atoms with E-state index >= 15 is 0 Å². The summed E-state index contributed by atoms with van der Waals surface area (Å²) in [6.07, 6.45) is 0. The van der Waals surface area contributed by atoms with E-state index in [9.17, 15) is 8.42 Å². The smallest absolute Gasteiger partial charge is 0.264 e. The third kappa shape index (κ3) is 5.85. The van der Waals surface area contributed by atoms with Gasteiger partial charge in [-0.05, 0) is 82.3 Å². The molecule has 0 saturated heterocycles. The van der Waals surface area contributed by atoms with Crippen LogP contribution in [0.4, 0.5) is 23.0 Å². The molecule has 0 unspecified atom stereocenters. The molecule has 0 saturated carbocycles. The lowest BCUT2D eigenvalue weighted by atomic mass is 10.2. The number of anilines is 2. The van der Waals surface area contributed by atoms with Gasteiger partial charge in [0.15, 0.2) is 0 Å². The lowest BCUT2D eigenvalue weighted by Crippen LogP contribution is -2.21. The first kappa shape index (κ1) is 22.4. The number of nitrogens with one attached hydrogen (secondary N) is 1. The standard InChI is InChI=1S/C22H26N6O2S/c1-5-28(6-2)20-11-7-18(8-12-20)25-26-19-9-13-21(14-10-19)31(29,30)27-22-23-16(3)15-17(4)24-22/h7-15H,5-6H2,1-4H3,(H,23,24,27). The van der Waals surface area contributed by atoms with Crippen LogP contribution in [0.5, 0.6) is 0 Å². The predicted octanol–water partition coefficient (Wildman–Crippen LogP) is 5.16. The van der Waals surface area contributed by atoms with Gasteiger partial charge in [-0.25, -0.2) is 23.1 Å². The van der Waals surface area contributed by atoms with Crippen molar-refractivity contribution < 1.29 is 8.42 Å². The maximum Gasteiger partial charge on any atom is 0.264 e. The van der Waals surface area contributed by atoms with Gasteiger partial charge in [0.1, 0.15) is 0 Å². The highest BCUT2D eigenvalue weighted by Gasteiger charge is 2.16. The molecule has 0 aliphatic rings. The lowest BCUT2D eigenvalue weighted by molar-refractivity contribution is 0.601. The summed E-state index contributed by atoms with van der Waals surface area (Å²) in [5.41, 5.74) is 3.78. The summed E-state index contributed by atoms with van der Waals surface area (Å²) in [5.74, 6) is 0.0504. The first-order valence-corrected chi connectivity index (χ1v) is 11.5. The van der Waals surface area contributed by atoms with Crippen molar-refractivity contribution in [2.75, 3.05) is 22.7 Å². The minimum atomic E-state index is -3.80. The minimum Gasteiger partial charge on any atom is -0.372 e. The van der Waals surface area contributed by atoms with Gasteiger partial charge in [-0.1, -0.05) is 0 Å². The topological polar surface area (TPSA) is 99.9 Å². The van der Waals surface area contributed by atoms with Gasteiger partial charge in [-0.15, -0.1) is 0 Å². The molecule has 3 aromatic rings. The predicted molar refractivity (Wildman–Crippen MR) is 123 cm³/mol. The summed E-state index contributed by atoms with van der Waals surface area (Å²) >= 11 is 0. The lowest BCUT2D eigenvalue weighted by Gasteiger charge is -2.20. The first-order valence-electron chi connectivity index (χ1n) is 10.0. The average Bonchev–Trinajstić information content (AvgIpc) is 2.73. The highest BCUT2D eigenvalue weighted by molar-refractivity contribution is 7.92. The Hall–Kier alpha value is -3.33. The number of aryl methyl sites for hydroxylation is 2. The summed E-state index contributed by atoms with van der Waals surface area (Å²) in [4.78, 5) is 10.6. The van der Waals surface area contributed by atoms with Crippen LogP contribution in [0.25, 0.3) is 0 Å². The maximum absolute atomic E-state index is 12.6. The summed E-state index contributed by atoms with van der Waals surface area (Å²) in [5, 5.41) is 8.42. The highest BCUT2D eigenvalue weighted by atomic mass is 32.2. The van der Waals surface area contributed by atoms with Crippen LogP contribution in [0.3, 0.4) is 0 Å². The molecule has 8 nitrogen and oxygen atoms in total. The Labute approximate surface area is 183 Å². The van der Waals surface area contributed by atoms with Crippen molar-refractivity contribution in [1.29, 1.82) is 0 Å². The molecule has 0 bridgehead atoms. The molecule has 1 heterocycles. The van der Waals surface area contributed by atoms with Crippen molar-refractivity contribution in [1.82, 2.24) is 9.97 Å². The van der Waals surface area contributed by atoms with Gasteiger partial charge in [0.25, 0.3) is 10.0 Å². The second-order valence-corrected chi connectivity index (χ2v) is 8.64. The Morgan fingerprint density at radius 2 is 1.32 bits per heavy atom. The number of hydrogen-bond acceptors (Lipinski definition) is 7. The van der Waals surface area contributed by atoms with E-state index in [1.807, 2.05) is 24.3 Å². The van der Waals surface area contributed by atoms with Crippen LogP contribution >= 0.6 is 0 Å². The van der Waals surface area contributed by atoms with E-state index in [-0.39, 0.29) is 10.8 Å². The van der Waals surface area contributed by atoms with E-state index in [1.54, 1.807) is 32.0 Å². The summed E-state index contributed by atoms with van der Waals surface area (Å²) in [6, 6.07) is 15.8. The number of hydrogen-bond donors (Lipinski definition) is 1. The van der Waals surface area contributed by atoms with Gasteiger partial charge in [-0.3, -0.25) is 0 Å². The summed E-state index contributed by atoms with van der Waals surface area (Å²) in [7, 11) is -3.80. The van der Waals surface area contributed by atoms with Gasteiger partial charge in [0, 0.05) is 30.2 Å². The Morgan fingerprint density at radius 1 is 0.839 bits per heavy atom. The maximum atomic E-state index is 12.6. The molecule has 0 atom stereocenters. The van der Waals surface area contributed by atoms with Gasteiger partial charge in [0.2, 0.25) is 5.95 Å². The fourth-order valence-corrected chi connectivity index (χ4v) is 4.02. The van der Waals surface area contributed by atoms with Crippen LogP contribution in [0.2, 0.25) is 0 Å². The number of benzene rings is 2. The van der Waals surface area contributed by atoms with Crippen molar-refractivity contribution >= 4 is 33.0 Å². The van der Waals surface area contributed by atoms with Crippen LogP contribution in [-0.4, -0.2) is 31.5 Å². The van der Waals surface area contributed by atoms with E-state index in [0.29, 0.717) is 17.1 Å². The van der Waals surface area contributed by atoms with Crippen molar-refractivity contribution in [2.45, 2.75) is 32.6 Å². The molecule has 1 aromatic heterocycles. The van der Waals surface area contributed by atoms with Crippen molar-refractivity contribution in [3.63, 3.8) is 0 Å². The normalized spacial score (nSPS) is 11.6. The fraction of sp³-hybridized carbons (Fsp3) is 0.273. The summed E-state index contributed by atoms with van der Waals surface area (Å²) in [6.45, 7) is 9.68. The second kappa shape index (κ2) is 9.65. The average molecular weight is 439 g/mol. The molecular weight excluding hydrogens is 412 g/mol. The van der Waals surface area contributed by atoms with Crippen molar-refractivity contribution in [2.24, 2.45) is 10.2 Å². The molecule has 0 fully saturated rings. The molecule has 2 aromatic carbocycles. The minimum absolute atomic E-state index is 0.0504. The molecule has 1 N–H and O–H groups in total. The molecule has 0 aliphatic carbocycles. The Balaban J connectivity index is 1.70. The summed E-state index contributed by atoms with van der Waals surface area (Å²) < 4.78 is 27.6. The third-order valence-electron chi connectivity index (χ3n) is 4.61. The molecule has 0 aliphatic heterocycles. The Kier molecular flexibility index (Phi) is 6.96. The van der Waals surface area contributed by atoms with E-state index < -0.39 is 10.0 Å². The van der Waals surface area contributed by atoms with E-state index in [0.717, 1.165) is 24.5 Å². The third-order valence-corrected chi connectivity index (χ3v) is 5.96. The zero-order valence-electron chi connectivity index (χ0n) is 18.1. The van der Waals surface area contributed by atoms with Crippen LogP contribution < -0.4 is 9.62 Å². The quantitative estimate of drug-likeness (QED) is 0.490. The number of sulfonamides is 1. The monoisotopic (exact) mass is 438 g/mol. The van der Waals surface area contributed by atoms with Crippen LogP contribution in [0.1, 0.15) is 25.2 Å². The number of rotatable bonds is 8.